The molecule has 19 heavy (non-hydrogen) atoms. The molecule has 0 aromatic heterocycles. The number of benzene rings is 2. The second-order valence-corrected chi connectivity index (χ2v) is 4.38. The summed E-state index contributed by atoms with van der Waals surface area (Å²) in [6.07, 6.45) is 0. The van der Waals surface area contributed by atoms with Gasteiger partial charge in [0, 0.05) is 5.69 Å². The molecule has 0 aliphatic rings. The van der Waals surface area contributed by atoms with Crippen molar-refractivity contribution in [2.75, 3.05) is 5.32 Å². The molecular formula is C15H16N2O2. The van der Waals surface area contributed by atoms with Gasteiger partial charge in [0.05, 0.1) is 0 Å². The highest BCUT2D eigenvalue weighted by Gasteiger charge is 2.16. The van der Waals surface area contributed by atoms with E-state index in [1.54, 1.807) is 12.1 Å². The van der Waals surface area contributed by atoms with Crippen LogP contribution in [0.2, 0.25) is 0 Å². The number of rotatable bonds is 3. The number of nitrogens with one attached hydrogen (secondary N) is 1. The lowest BCUT2D eigenvalue weighted by atomic mass is 10.1. The number of carbonyl (C=O) groups is 1. The number of hydrogen-bond donors (Lipinski definition) is 3. The molecule has 2 aromatic carbocycles. The van der Waals surface area contributed by atoms with E-state index in [1.165, 1.54) is 6.07 Å². The topological polar surface area (TPSA) is 75.3 Å². The van der Waals surface area contributed by atoms with Crippen molar-refractivity contribution >= 4 is 11.6 Å². The Bertz CT molecular complexity index is 582. The Morgan fingerprint density at radius 2 is 1.89 bits per heavy atom. The zero-order valence-corrected chi connectivity index (χ0v) is 10.6. The number of amides is 1. The van der Waals surface area contributed by atoms with Crippen LogP contribution in [0.25, 0.3) is 0 Å². The van der Waals surface area contributed by atoms with Gasteiger partial charge < -0.3 is 16.2 Å². The van der Waals surface area contributed by atoms with Gasteiger partial charge in [0.25, 0.3) is 0 Å². The molecular weight excluding hydrogens is 240 g/mol. The quantitative estimate of drug-likeness (QED) is 0.738. The van der Waals surface area contributed by atoms with E-state index >= 15 is 0 Å². The van der Waals surface area contributed by atoms with Crippen LogP contribution in [-0.4, -0.2) is 11.0 Å². The lowest BCUT2D eigenvalue weighted by Gasteiger charge is -2.14. The predicted octanol–water partition coefficient (Wildman–Crippen LogP) is 2.34. The summed E-state index contributed by atoms with van der Waals surface area (Å²) in [6.45, 7) is 1.81. The van der Waals surface area contributed by atoms with Crippen LogP contribution in [0, 0.1) is 6.92 Å². The predicted molar refractivity (Wildman–Crippen MR) is 74.8 cm³/mol. The summed E-state index contributed by atoms with van der Waals surface area (Å²) in [5, 5.41) is 12.1. The van der Waals surface area contributed by atoms with Crippen LogP contribution < -0.4 is 11.1 Å². The van der Waals surface area contributed by atoms with E-state index in [4.69, 9.17) is 5.73 Å². The van der Waals surface area contributed by atoms with Gasteiger partial charge >= 0.3 is 0 Å². The SMILES string of the molecule is Cc1cc(O)ccc1NC(=O)[C@@H](N)c1ccccc1. The Hall–Kier alpha value is -2.33. The molecule has 2 aromatic rings. The average molecular weight is 256 g/mol. The van der Waals surface area contributed by atoms with Gasteiger partial charge in [-0.2, -0.15) is 0 Å². The largest absolute Gasteiger partial charge is 0.508 e. The van der Waals surface area contributed by atoms with Crippen LogP contribution in [0.3, 0.4) is 0 Å². The number of phenolic OH excluding ortho intramolecular Hbond substituents is 1. The summed E-state index contributed by atoms with van der Waals surface area (Å²) in [4.78, 5) is 12.1. The molecule has 0 saturated carbocycles. The van der Waals surface area contributed by atoms with E-state index in [2.05, 4.69) is 5.32 Å². The lowest BCUT2D eigenvalue weighted by Crippen LogP contribution is -2.27. The summed E-state index contributed by atoms with van der Waals surface area (Å²) in [5.41, 5.74) is 8.10. The maximum Gasteiger partial charge on any atom is 0.245 e. The van der Waals surface area contributed by atoms with Gasteiger partial charge in [0.15, 0.2) is 0 Å². The first-order valence-corrected chi connectivity index (χ1v) is 5.99. The molecule has 0 radical (unpaired) electrons. The fraction of sp³-hybridized carbons (Fsp3) is 0.133. The van der Waals surface area contributed by atoms with Gasteiger partial charge in [0.1, 0.15) is 11.8 Å². The van der Waals surface area contributed by atoms with Crippen molar-refractivity contribution in [2.24, 2.45) is 5.73 Å². The van der Waals surface area contributed by atoms with Gasteiger partial charge in [-0.1, -0.05) is 30.3 Å². The maximum absolute atomic E-state index is 12.1. The van der Waals surface area contributed by atoms with Crippen molar-refractivity contribution in [2.45, 2.75) is 13.0 Å². The molecule has 0 fully saturated rings. The van der Waals surface area contributed by atoms with Crippen molar-refractivity contribution in [1.29, 1.82) is 0 Å². The van der Waals surface area contributed by atoms with Crippen LogP contribution in [0.4, 0.5) is 5.69 Å². The normalized spacial score (nSPS) is 11.9. The van der Waals surface area contributed by atoms with Crippen molar-refractivity contribution in [1.82, 2.24) is 0 Å². The highest BCUT2D eigenvalue weighted by atomic mass is 16.3. The van der Waals surface area contributed by atoms with Gasteiger partial charge in [-0.25, -0.2) is 0 Å². The number of nitrogens with two attached hydrogens (primary N) is 1. The first-order valence-electron chi connectivity index (χ1n) is 5.99. The van der Waals surface area contributed by atoms with Crippen molar-refractivity contribution in [3.63, 3.8) is 0 Å². The number of aromatic hydroxyl groups is 1. The Morgan fingerprint density at radius 1 is 1.21 bits per heavy atom. The van der Waals surface area contributed by atoms with E-state index in [9.17, 15) is 9.90 Å². The highest BCUT2D eigenvalue weighted by molar-refractivity contribution is 5.96. The summed E-state index contributed by atoms with van der Waals surface area (Å²) in [5.74, 6) is -0.108. The minimum absolute atomic E-state index is 0.169. The maximum atomic E-state index is 12.1. The van der Waals surface area contributed by atoms with E-state index in [0.717, 1.165) is 11.1 Å². The third-order valence-electron chi connectivity index (χ3n) is 2.91. The molecule has 4 nitrogen and oxygen atoms in total. The van der Waals surface area contributed by atoms with Crippen LogP contribution in [0.1, 0.15) is 17.2 Å². The Morgan fingerprint density at radius 3 is 2.53 bits per heavy atom. The first kappa shape index (κ1) is 13.1. The fourth-order valence-electron chi connectivity index (χ4n) is 1.81. The van der Waals surface area contributed by atoms with Crippen LogP contribution in [0.5, 0.6) is 5.75 Å². The number of anilines is 1. The molecule has 2 rings (SSSR count). The van der Waals surface area contributed by atoms with E-state index in [0.29, 0.717) is 5.69 Å². The third kappa shape index (κ3) is 3.11. The zero-order valence-electron chi connectivity index (χ0n) is 10.6. The first-order chi connectivity index (χ1) is 9.08. The zero-order chi connectivity index (χ0) is 13.8. The molecule has 0 unspecified atom stereocenters. The van der Waals surface area contributed by atoms with E-state index in [-0.39, 0.29) is 11.7 Å². The average Bonchev–Trinajstić information content (AvgIpc) is 2.42. The minimum Gasteiger partial charge on any atom is -0.508 e. The van der Waals surface area contributed by atoms with E-state index in [1.807, 2.05) is 37.3 Å². The lowest BCUT2D eigenvalue weighted by molar-refractivity contribution is -0.117. The molecule has 1 atom stereocenters. The molecule has 0 aliphatic carbocycles. The molecule has 0 saturated heterocycles. The molecule has 1 amide bonds. The van der Waals surface area contributed by atoms with Gasteiger partial charge in [-0.15, -0.1) is 0 Å². The molecule has 0 heterocycles. The van der Waals surface area contributed by atoms with Crippen LogP contribution in [-0.2, 0) is 4.79 Å². The van der Waals surface area contributed by atoms with Gasteiger partial charge in [0.2, 0.25) is 5.91 Å². The number of aryl methyl sites for hydroxylation is 1. The second kappa shape index (κ2) is 5.54. The molecule has 4 N–H and O–H groups in total. The summed E-state index contributed by atoms with van der Waals surface area (Å²) in [7, 11) is 0. The molecule has 0 bridgehead atoms. The molecule has 4 heteroatoms. The molecule has 0 aliphatic heterocycles. The smallest absolute Gasteiger partial charge is 0.245 e. The minimum atomic E-state index is -0.714. The van der Waals surface area contributed by atoms with Crippen molar-refractivity contribution in [3.8, 4) is 5.75 Å². The number of phenols is 1. The molecule has 98 valence electrons. The highest BCUT2D eigenvalue weighted by Crippen LogP contribution is 2.21. The van der Waals surface area contributed by atoms with E-state index < -0.39 is 6.04 Å². The molecule has 0 spiro atoms. The third-order valence-corrected chi connectivity index (χ3v) is 2.91. The van der Waals surface area contributed by atoms with Crippen LogP contribution >= 0.6 is 0 Å². The van der Waals surface area contributed by atoms with Crippen LogP contribution in [0.15, 0.2) is 48.5 Å². The van der Waals surface area contributed by atoms with Gasteiger partial charge in [-0.05, 0) is 36.2 Å². The van der Waals surface area contributed by atoms with Gasteiger partial charge in [-0.3, -0.25) is 4.79 Å². The number of carbonyl (C=O) groups excluding carboxylic acids is 1. The Kier molecular flexibility index (Phi) is 3.82. The second-order valence-electron chi connectivity index (χ2n) is 4.38. The number of hydrogen-bond acceptors (Lipinski definition) is 3. The fourth-order valence-corrected chi connectivity index (χ4v) is 1.81. The summed E-state index contributed by atoms with van der Waals surface area (Å²) in [6, 6.07) is 13.2. The monoisotopic (exact) mass is 256 g/mol. The summed E-state index contributed by atoms with van der Waals surface area (Å²) >= 11 is 0. The Labute approximate surface area is 111 Å². The Balaban J connectivity index is 2.13. The van der Waals surface area contributed by atoms with Crippen molar-refractivity contribution < 1.29 is 9.90 Å². The standard InChI is InChI=1S/C15H16N2O2/c1-10-9-12(18)7-8-13(10)17-15(19)14(16)11-5-3-2-4-6-11/h2-9,14,18H,16H2,1H3,(H,17,19)/t14-/m0/s1. The van der Waals surface area contributed by atoms with Crippen molar-refractivity contribution in [3.05, 3.63) is 59.7 Å². The summed E-state index contributed by atoms with van der Waals surface area (Å²) < 4.78 is 0.